The quantitative estimate of drug-likeness (QED) is 0.374. The van der Waals surface area contributed by atoms with E-state index in [1.54, 1.807) is 14.2 Å². The van der Waals surface area contributed by atoms with Crippen molar-refractivity contribution < 1.29 is 8.95 Å². The van der Waals surface area contributed by atoms with Crippen molar-refractivity contribution in [3.05, 3.63) is 29.8 Å². The molecule has 0 heterocycles. The number of benzene rings is 1. The minimum Gasteiger partial charge on any atom is -0.497 e. The molecule has 0 amide bonds. The topological polar surface area (TPSA) is 62.7 Å². The van der Waals surface area contributed by atoms with Crippen LogP contribution in [0.5, 0.6) is 5.75 Å². The third-order valence-electron chi connectivity index (χ3n) is 4.44. The Bertz CT molecular complexity index is 583. The first kappa shape index (κ1) is 22.2. The average molecular weight is 479 g/mol. The van der Waals surface area contributed by atoms with Crippen molar-refractivity contribution in [3.63, 3.8) is 0 Å². The van der Waals surface area contributed by atoms with Gasteiger partial charge in [-0.3, -0.25) is 9.20 Å². The molecule has 7 heteroatoms. The van der Waals surface area contributed by atoms with Gasteiger partial charge in [0.1, 0.15) is 5.75 Å². The molecule has 1 aromatic carbocycles. The van der Waals surface area contributed by atoms with E-state index in [0.29, 0.717) is 17.8 Å². The average Bonchev–Trinajstić information content (AvgIpc) is 2.64. The van der Waals surface area contributed by atoms with E-state index in [1.165, 1.54) is 0 Å². The minimum atomic E-state index is -0.702. The van der Waals surface area contributed by atoms with Crippen LogP contribution in [0, 0.1) is 0 Å². The van der Waals surface area contributed by atoms with Gasteiger partial charge in [-0.05, 0) is 37.0 Å². The van der Waals surface area contributed by atoms with E-state index in [2.05, 4.69) is 21.7 Å². The molecule has 5 nitrogen and oxygen atoms in total. The molecule has 0 aliphatic heterocycles. The number of nitrogens with zero attached hydrogens (tertiary/aromatic N) is 1. The van der Waals surface area contributed by atoms with Crippen molar-refractivity contribution in [2.75, 3.05) is 19.9 Å². The highest BCUT2D eigenvalue weighted by atomic mass is 127. The van der Waals surface area contributed by atoms with E-state index in [0.717, 1.165) is 48.7 Å². The number of hydrogen-bond acceptors (Lipinski definition) is 3. The molecule has 142 valence electrons. The molecule has 2 rings (SSSR count). The summed E-state index contributed by atoms with van der Waals surface area (Å²) in [7, 11) is 2.75. The van der Waals surface area contributed by atoms with Crippen LogP contribution in [0.2, 0.25) is 0 Å². The third kappa shape index (κ3) is 7.13. The predicted molar refractivity (Wildman–Crippen MR) is 116 cm³/mol. The molecule has 0 bridgehead atoms. The molecular formula is C18H30IN3O2S. The molecule has 3 unspecified atom stereocenters. The lowest BCUT2D eigenvalue weighted by molar-refractivity contribution is 0.412. The van der Waals surface area contributed by atoms with Crippen molar-refractivity contribution in [2.24, 2.45) is 4.99 Å². The molecule has 25 heavy (non-hydrogen) atoms. The predicted octanol–water partition coefficient (Wildman–Crippen LogP) is 3.06. The van der Waals surface area contributed by atoms with E-state index in [1.807, 2.05) is 25.1 Å². The van der Waals surface area contributed by atoms with Gasteiger partial charge in [-0.15, -0.1) is 24.0 Å². The Balaban J connectivity index is 0.00000312. The second-order valence-corrected chi connectivity index (χ2v) is 8.08. The second-order valence-electron chi connectivity index (χ2n) is 6.08. The molecule has 0 spiro atoms. The first-order chi connectivity index (χ1) is 11.7. The number of aliphatic imine (C=N–C) groups is 1. The molecule has 0 saturated heterocycles. The molecule has 1 aromatic rings. The molecule has 2 N–H and O–H groups in total. The van der Waals surface area contributed by atoms with E-state index < -0.39 is 10.8 Å². The number of hydrogen-bond donors (Lipinski definition) is 2. The first-order valence-electron chi connectivity index (χ1n) is 8.63. The van der Waals surface area contributed by atoms with Crippen molar-refractivity contribution in [1.29, 1.82) is 0 Å². The first-order valence-corrected chi connectivity index (χ1v) is 10.0. The van der Waals surface area contributed by atoms with Crippen LogP contribution in [0.1, 0.15) is 38.2 Å². The van der Waals surface area contributed by atoms with Crippen LogP contribution in [0.3, 0.4) is 0 Å². The highest BCUT2D eigenvalue weighted by Crippen LogP contribution is 2.23. The Morgan fingerprint density at radius 2 is 2.20 bits per heavy atom. The van der Waals surface area contributed by atoms with Gasteiger partial charge in [-0.1, -0.05) is 25.5 Å². The van der Waals surface area contributed by atoms with Gasteiger partial charge in [0.05, 0.1) is 7.11 Å². The smallest absolute Gasteiger partial charge is 0.191 e. The summed E-state index contributed by atoms with van der Waals surface area (Å²) in [6.45, 7) is 2.69. The maximum Gasteiger partial charge on any atom is 0.191 e. The Kier molecular flexibility index (Phi) is 10.4. The zero-order valence-electron chi connectivity index (χ0n) is 15.3. The summed E-state index contributed by atoms with van der Waals surface area (Å²) < 4.78 is 17.3. The number of ether oxygens (including phenoxy) is 1. The molecule has 3 atom stereocenters. The Morgan fingerprint density at radius 3 is 2.88 bits per heavy atom. The number of rotatable bonds is 6. The summed E-state index contributed by atoms with van der Waals surface area (Å²) in [4.78, 5) is 4.32. The SMILES string of the molecule is CCS(=O)C1CCCC(NC(=NC)NCc2cccc(OC)c2)C1.I. The van der Waals surface area contributed by atoms with Crippen LogP contribution in [0.25, 0.3) is 0 Å². The van der Waals surface area contributed by atoms with Crippen LogP contribution < -0.4 is 15.4 Å². The Hall–Kier alpha value is -0.830. The van der Waals surface area contributed by atoms with Crippen molar-refractivity contribution in [1.82, 2.24) is 10.6 Å². The lowest BCUT2D eigenvalue weighted by Gasteiger charge is -2.30. The van der Waals surface area contributed by atoms with Crippen LogP contribution in [-0.4, -0.2) is 41.4 Å². The maximum atomic E-state index is 12.1. The largest absolute Gasteiger partial charge is 0.497 e. The summed E-state index contributed by atoms with van der Waals surface area (Å²) in [5, 5.41) is 7.15. The number of guanidine groups is 1. The van der Waals surface area contributed by atoms with Crippen molar-refractivity contribution in [2.45, 2.75) is 50.4 Å². The van der Waals surface area contributed by atoms with Gasteiger partial charge in [0.15, 0.2) is 5.96 Å². The molecule has 1 aliphatic carbocycles. The van der Waals surface area contributed by atoms with E-state index >= 15 is 0 Å². The number of nitrogens with one attached hydrogen (secondary N) is 2. The molecule has 1 aliphatic rings. The lowest BCUT2D eigenvalue weighted by atomic mass is 9.95. The van der Waals surface area contributed by atoms with Crippen molar-refractivity contribution in [3.8, 4) is 5.75 Å². The fraction of sp³-hybridized carbons (Fsp3) is 0.611. The van der Waals surface area contributed by atoms with Gasteiger partial charge in [-0.25, -0.2) is 0 Å². The van der Waals surface area contributed by atoms with Gasteiger partial charge in [0, 0.05) is 41.4 Å². The van der Waals surface area contributed by atoms with Crippen molar-refractivity contribution >= 4 is 40.7 Å². The number of methoxy groups -OCH3 is 1. The lowest BCUT2D eigenvalue weighted by Crippen LogP contribution is -2.46. The summed E-state index contributed by atoms with van der Waals surface area (Å²) in [6, 6.07) is 8.34. The third-order valence-corrected chi connectivity index (χ3v) is 6.18. The summed E-state index contributed by atoms with van der Waals surface area (Å²) in [5.74, 6) is 2.40. The van der Waals surface area contributed by atoms with Gasteiger partial charge < -0.3 is 15.4 Å². The van der Waals surface area contributed by atoms with E-state index in [9.17, 15) is 4.21 Å². The normalized spacial score (nSPS) is 21.8. The van der Waals surface area contributed by atoms with Crippen LogP contribution in [0.4, 0.5) is 0 Å². The van der Waals surface area contributed by atoms with Gasteiger partial charge in [0.2, 0.25) is 0 Å². The summed E-state index contributed by atoms with van der Waals surface area (Å²) in [6.07, 6.45) is 4.27. The molecular weight excluding hydrogens is 449 g/mol. The maximum absolute atomic E-state index is 12.1. The highest BCUT2D eigenvalue weighted by Gasteiger charge is 2.25. The summed E-state index contributed by atoms with van der Waals surface area (Å²) >= 11 is 0. The van der Waals surface area contributed by atoms with E-state index in [4.69, 9.17) is 4.74 Å². The summed E-state index contributed by atoms with van der Waals surface area (Å²) in [5.41, 5.74) is 1.14. The van der Waals surface area contributed by atoms with Crippen LogP contribution in [0.15, 0.2) is 29.3 Å². The standard InChI is InChI=1S/C18H29N3O2S.HI/c1-4-24(22)17-10-6-8-15(12-17)21-18(19-2)20-13-14-7-5-9-16(11-14)23-3;/h5,7,9,11,15,17H,4,6,8,10,12-13H2,1-3H3,(H2,19,20,21);1H. The minimum absolute atomic E-state index is 0. The Morgan fingerprint density at radius 1 is 1.40 bits per heavy atom. The molecule has 0 aromatic heterocycles. The van der Waals surface area contributed by atoms with Gasteiger partial charge in [0.25, 0.3) is 0 Å². The van der Waals surface area contributed by atoms with E-state index in [-0.39, 0.29) is 24.0 Å². The monoisotopic (exact) mass is 479 g/mol. The van der Waals surface area contributed by atoms with Gasteiger partial charge in [-0.2, -0.15) is 0 Å². The zero-order chi connectivity index (χ0) is 17.4. The van der Waals surface area contributed by atoms with Crippen LogP contribution >= 0.6 is 24.0 Å². The molecule has 0 radical (unpaired) electrons. The van der Waals surface area contributed by atoms with Crippen LogP contribution in [-0.2, 0) is 17.3 Å². The molecule has 1 saturated carbocycles. The fourth-order valence-corrected chi connectivity index (χ4v) is 4.45. The Labute approximate surface area is 170 Å². The van der Waals surface area contributed by atoms with Gasteiger partial charge >= 0.3 is 0 Å². The fourth-order valence-electron chi connectivity index (χ4n) is 3.11. The zero-order valence-corrected chi connectivity index (χ0v) is 18.4. The molecule has 1 fully saturated rings. The highest BCUT2D eigenvalue weighted by molar-refractivity contribution is 14.0. The second kappa shape index (κ2) is 11.7. The number of halogens is 1.